The van der Waals surface area contributed by atoms with Crippen molar-refractivity contribution in [1.29, 1.82) is 0 Å². The molecule has 0 atom stereocenters. The third-order valence-corrected chi connectivity index (χ3v) is 3.21. The summed E-state index contributed by atoms with van der Waals surface area (Å²) < 4.78 is 0. The molecule has 2 aromatic rings. The maximum atomic E-state index is 11.8. The topological polar surface area (TPSA) is 66.9 Å². The molecule has 0 radical (unpaired) electrons. The van der Waals surface area contributed by atoms with Crippen LogP contribution >= 0.6 is 11.3 Å². The molecule has 0 bridgehead atoms. The maximum absolute atomic E-state index is 11.8. The molecule has 1 amide bonds. The minimum atomic E-state index is -0.160. The molecule has 0 spiro atoms. The lowest BCUT2D eigenvalue weighted by Crippen LogP contribution is -2.13. The molecule has 100 valence electrons. The summed E-state index contributed by atoms with van der Waals surface area (Å²) in [5.41, 5.74) is 0. The first-order valence-corrected chi connectivity index (χ1v) is 6.95. The van der Waals surface area contributed by atoms with Crippen LogP contribution in [-0.4, -0.2) is 22.6 Å². The van der Waals surface area contributed by atoms with E-state index in [0.29, 0.717) is 22.4 Å². The van der Waals surface area contributed by atoms with Gasteiger partial charge in [0.15, 0.2) is 5.82 Å². The van der Waals surface area contributed by atoms with Crippen LogP contribution < -0.4 is 10.6 Å². The van der Waals surface area contributed by atoms with Gasteiger partial charge >= 0.3 is 0 Å². The monoisotopic (exact) mass is 276 g/mol. The maximum Gasteiger partial charge on any atom is 0.266 e. The second kappa shape index (κ2) is 6.29. The Morgan fingerprint density at radius 1 is 1.26 bits per heavy atom. The summed E-state index contributed by atoms with van der Waals surface area (Å²) in [4.78, 5) is 12.4. The second-order valence-corrected chi connectivity index (χ2v) is 5.46. The van der Waals surface area contributed by atoms with Crippen molar-refractivity contribution < 1.29 is 4.79 Å². The van der Waals surface area contributed by atoms with E-state index in [1.54, 1.807) is 18.2 Å². The van der Waals surface area contributed by atoms with E-state index in [0.717, 1.165) is 6.54 Å². The van der Waals surface area contributed by atoms with E-state index in [-0.39, 0.29) is 5.91 Å². The fraction of sp³-hybridized carbons (Fsp3) is 0.308. The molecule has 5 nitrogen and oxygen atoms in total. The highest BCUT2D eigenvalue weighted by molar-refractivity contribution is 7.12. The van der Waals surface area contributed by atoms with Crippen LogP contribution in [-0.2, 0) is 0 Å². The van der Waals surface area contributed by atoms with Crippen molar-refractivity contribution in [2.75, 3.05) is 17.2 Å². The summed E-state index contributed by atoms with van der Waals surface area (Å²) in [6, 6.07) is 7.15. The molecule has 0 unspecified atom stereocenters. The molecular formula is C13H16N4OS. The van der Waals surface area contributed by atoms with Gasteiger partial charge in [0.25, 0.3) is 5.91 Å². The lowest BCUT2D eigenvalue weighted by Gasteiger charge is -2.08. The van der Waals surface area contributed by atoms with E-state index < -0.39 is 0 Å². The minimum absolute atomic E-state index is 0.160. The third-order valence-electron chi connectivity index (χ3n) is 2.34. The highest BCUT2D eigenvalue weighted by Crippen LogP contribution is 2.12. The average molecular weight is 276 g/mol. The number of nitrogens with zero attached hydrogens (tertiary/aromatic N) is 2. The molecular weight excluding hydrogens is 260 g/mol. The molecule has 0 fully saturated rings. The Bertz CT molecular complexity index is 522. The Hall–Kier alpha value is -1.95. The standard InChI is InChI=1S/C13H16N4OS/c1-9(2)8-14-11-5-6-12(17-16-11)15-13(18)10-4-3-7-19-10/h3-7,9H,8H2,1-2H3,(H,14,16)(H,15,17,18). The fourth-order valence-corrected chi connectivity index (χ4v) is 2.01. The number of aromatic nitrogens is 2. The van der Waals surface area contributed by atoms with E-state index in [4.69, 9.17) is 0 Å². The van der Waals surface area contributed by atoms with Crippen LogP contribution in [0.5, 0.6) is 0 Å². The summed E-state index contributed by atoms with van der Waals surface area (Å²) >= 11 is 1.39. The van der Waals surface area contributed by atoms with Crippen molar-refractivity contribution in [3.8, 4) is 0 Å². The van der Waals surface area contributed by atoms with Gasteiger partial charge < -0.3 is 10.6 Å². The van der Waals surface area contributed by atoms with Crippen molar-refractivity contribution in [3.63, 3.8) is 0 Å². The Kier molecular flexibility index (Phi) is 4.46. The second-order valence-electron chi connectivity index (χ2n) is 4.51. The molecule has 0 saturated heterocycles. The molecule has 0 saturated carbocycles. The van der Waals surface area contributed by atoms with E-state index in [1.807, 2.05) is 11.4 Å². The zero-order valence-corrected chi connectivity index (χ0v) is 11.7. The van der Waals surface area contributed by atoms with Crippen LogP contribution in [0.15, 0.2) is 29.6 Å². The number of carbonyl (C=O) groups is 1. The van der Waals surface area contributed by atoms with Crippen molar-refractivity contribution in [2.45, 2.75) is 13.8 Å². The van der Waals surface area contributed by atoms with Crippen LogP contribution in [0.3, 0.4) is 0 Å². The summed E-state index contributed by atoms with van der Waals surface area (Å²) in [6.07, 6.45) is 0. The lowest BCUT2D eigenvalue weighted by molar-refractivity contribution is 0.103. The van der Waals surface area contributed by atoms with Gasteiger partial charge in [-0.05, 0) is 29.5 Å². The van der Waals surface area contributed by atoms with E-state index >= 15 is 0 Å². The first-order valence-electron chi connectivity index (χ1n) is 6.07. The number of hydrogen-bond acceptors (Lipinski definition) is 5. The highest BCUT2D eigenvalue weighted by atomic mass is 32.1. The number of rotatable bonds is 5. The Morgan fingerprint density at radius 3 is 2.58 bits per heavy atom. The predicted molar refractivity (Wildman–Crippen MR) is 77.6 cm³/mol. The number of amides is 1. The van der Waals surface area contributed by atoms with E-state index in [9.17, 15) is 4.79 Å². The Labute approximate surface area is 116 Å². The normalized spacial score (nSPS) is 10.5. The first-order chi connectivity index (χ1) is 9.15. The molecule has 0 aliphatic heterocycles. The Balaban J connectivity index is 1.93. The lowest BCUT2D eigenvalue weighted by atomic mass is 10.2. The van der Waals surface area contributed by atoms with Crippen molar-refractivity contribution >= 4 is 28.9 Å². The summed E-state index contributed by atoms with van der Waals surface area (Å²) in [7, 11) is 0. The minimum Gasteiger partial charge on any atom is -0.368 e. The van der Waals surface area contributed by atoms with Crippen LogP contribution in [0.2, 0.25) is 0 Å². The Morgan fingerprint density at radius 2 is 2.00 bits per heavy atom. The number of anilines is 2. The van der Waals surface area contributed by atoms with Crippen molar-refractivity contribution in [3.05, 3.63) is 34.5 Å². The quantitative estimate of drug-likeness (QED) is 0.881. The van der Waals surface area contributed by atoms with Crippen LogP contribution in [0.1, 0.15) is 23.5 Å². The molecule has 2 rings (SSSR count). The fourth-order valence-electron chi connectivity index (χ4n) is 1.39. The smallest absolute Gasteiger partial charge is 0.266 e. The molecule has 6 heteroatoms. The number of carbonyl (C=O) groups excluding carboxylic acids is 1. The van der Waals surface area contributed by atoms with Gasteiger partial charge in [0, 0.05) is 6.54 Å². The largest absolute Gasteiger partial charge is 0.368 e. The summed E-state index contributed by atoms with van der Waals surface area (Å²) in [5, 5.41) is 15.7. The van der Waals surface area contributed by atoms with Gasteiger partial charge in [-0.1, -0.05) is 19.9 Å². The number of hydrogen-bond donors (Lipinski definition) is 2. The molecule has 0 aliphatic carbocycles. The van der Waals surface area contributed by atoms with Gasteiger partial charge in [0.2, 0.25) is 0 Å². The van der Waals surface area contributed by atoms with Gasteiger partial charge in [-0.3, -0.25) is 4.79 Å². The van der Waals surface area contributed by atoms with E-state index in [1.165, 1.54) is 11.3 Å². The van der Waals surface area contributed by atoms with Gasteiger partial charge in [-0.25, -0.2) is 0 Å². The summed E-state index contributed by atoms with van der Waals surface area (Å²) in [5.74, 6) is 1.54. The van der Waals surface area contributed by atoms with Crippen LogP contribution in [0.4, 0.5) is 11.6 Å². The predicted octanol–water partition coefficient (Wildman–Crippen LogP) is 2.86. The zero-order chi connectivity index (χ0) is 13.7. The highest BCUT2D eigenvalue weighted by Gasteiger charge is 2.07. The molecule has 2 heterocycles. The average Bonchev–Trinajstić information content (AvgIpc) is 2.92. The van der Waals surface area contributed by atoms with Gasteiger partial charge in [-0.15, -0.1) is 21.5 Å². The first kappa shape index (κ1) is 13.5. The SMILES string of the molecule is CC(C)CNc1ccc(NC(=O)c2cccs2)nn1. The van der Waals surface area contributed by atoms with Crippen LogP contribution in [0, 0.1) is 5.92 Å². The molecule has 0 aromatic carbocycles. The third kappa shape index (κ3) is 4.03. The van der Waals surface area contributed by atoms with Gasteiger partial charge in [-0.2, -0.15) is 0 Å². The van der Waals surface area contributed by atoms with Crippen LogP contribution in [0.25, 0.3) is 0 Å². The van der Waals surface area contributed by atoms with Crippen molar-refractivity contribution in [2.24, 2.45) is 5.92 Å². The van der Waals surface area contributed by atoms with Crippen molar-refractivity contribution in [1.82, 2.24) is 10.2 Å². The zero-order valence-electron chi connectivity index (χ0n) is 10.9. The number of nitrogens with one attached hydrogen (secondary N) is 2. The molecule has 2 N–H and O–H groups in total. The molecule has 0 aliphatic rings. The number of thiophene rings is 1. The van der Waals surface area contributed by atoms with Gasteiger partial charge in [0.05, 0.1) is 4.88 Å². The summed E-state index contributed by atoms with van der Waals surface area (Å²) in [6.45, 7) is 5.08. The molecule has 2 aromatic heterocycles. The van der Waals surface area contributed by atoms with E-state index in [2.05, 4.69) is 34.7 Å². The van der Waals surface area contributed by atoms with Gasteiger partial charge in [0.1, 0.15) is 5.82 Å². The molecule has 19 heavy (non-hydrogen) atoms.